The molecule has 0 aliphatic carbocycles. The van der Waals surface area contributed by atoms with Gasteiger partial charge in [-0.3, -0.25) is 23.0 Å². The number of aliphatic hydroxyl groups excluding tert-OH is 3. The lowest BCUT2D eigenvalue weighted by molar-refractivity contribution is -0.0613. The number of phosphoric ester groups is 1. The lowest BCUT2D eigenvalue weighted by atomic mass is 10.1. The molecule has 23 heteroatoms. The summed E-state index contributed by atoms with van der Waals surface area (Å²) in [4.78, 5) is 48.8. The number of nitrogens with two attached hydrogens (primary N) is 2. The molecule has 10 atom stereocenters. The van der Waals surface area contributed by atoms with Gasteiger partial charge in [-0.1, -0.05) is 0 Å². The number of phosphoric acid groups is 1. The fraction of sp³-hybridized carbons (Fsp3) is 0.500. The van der Waals surface area contributed by atoms with Crippen LogP contribution in [0.4, 0.5) is 11.5 Å². The molecule has 2 fully saturated rings. The summed E-state index contributed by atoms with van der Waals surface area (Å²) in [5, 5.41) is 31.4. The van der Waals surface area contributed by atoms with Crippen molar-refractivity contribution in [3.8, 4) is 0 Å². The molecule has 2 saturated heterocycles. The first kappa shape index (κ1) is 31.7. The van der Waals surface area contributed by atoms with E-state index in [1.165, 1.54) is 23.2 Å². The largest absolute Gasteiger partial charge is 0.695 e. The van der Waals surface area contributed by atoms with Gasteiger partial charge in [-0.2, -0.15) is 0 Å². The van der Waals surface area contributed by atoms with E-state index in [0.717, 1.165) is 10.9 Å². The molecule has 6 heterocycles. The van der Waals surface area contributed by atoms with Gasteiger partial charge in [0.1, 0.15) is 41.9 Å². The number of carbonyl (C=O) groups excluding carboxylic acids is 1. The number of rotatable bonds is 10. The van der Waals surface area contributed by atoms with Gasteiger partial charge in [-0.25, -0.2) is 24.5 Å². The SMILES string of the molecule is NC1=Nc2c(ncn2[C@@H]2O[C@H](CO)[C@@H](O)[C@H]2OP(=O)(O)OC[C@H]2O[C@@H](n3cnc4c(N)ccnc43)[C@@H](O)[C@@H]2O[P+](=O)O)C(=O)C1. The van der Waals surface area contributed by atoms with Gasteiger partial charge in [0, 0.05) is 10.8 Å². The topological polar surface area (TPSA) is 311 Å². The van der Waals surface area contributed by atoms with E-state index in [4.69, 9.17) is 34.5 Å². The molecular weight excluding hydrogens is 646 g/mol. The highest BCUT2D eigenvalue weighted by atomic mass is 31.2. The van der Waals surface area contributed by atoms with Crippen LogP contribution in [0.3, 0.4) is 0 Å². The summed E-state index contributed by atoms with van der Waals surface area (Å²) >= 11 is 0. The van der Waals surface area contributed by atoms with Crippen molar-refractivity contribution in [2.45, 2.75) is 55.5 Å². The smallest absolute Gasteiger partial charge is 0.397 e. The van der Waals surface area contributed by atoms with E-state index in [-0.39, 0.29) is 40.6 Å². The maximum Gasteiger partial charge on any atom is 0.695 e. The highest BCUT2D eigenvalue weighted by molar-refractivity contribution is 7.47. The number of Topliss-reactive ketones (excluding diaryl/α,β-unsaturated/α-hetero) is 1. The third-order valence-electron chi connectivity index (χ3n) is 7.33. The molecule has 3 aliphatic heterocycles. The van der Waals surface area contributed by atoms with Gasteiger partial charge in [-0.15, -0.1) is 9.42 Å². The Balaban J connectivity index is 1.21. The zero-order valence-corrected chi connectivity index (χ0v) is 24.6. The van der Waals surface area contributed by atoms with Crippen molar-refractivity contribution in [2.24, 2.45) is 10.7 Å². The molecule has 3 aromatic heterocycles. The number of aliphatic imine (C=N–C) groups is 1. The highest BCUT2D eigenvalue weighted by Gasteiger charge is 2.53. The van der Waals surface area contributed by atoms with E-state index in [2.05, 4.69) is 19.9 Å². The third kappa shape index (κ3) is 5.89. The van der Waals surface area contributed by atoms with Gasteiger partial charge in [0.2, 0.25) is 0 Å². The molecule has 45 heavy (non-hydrogen) atoms. The fourth-order valence-corrected chi connectivity index (χ4v) is 6.69. The number of nitrogens with zero attached hydrogens (tertiary/aromatic N) is 6. The Hall–Kier alpha value is -3.30. The second kappa shape index (κ2) is 12.1. The van der Waals surface area contributed by atoms with Crippen molar-refractivity contribution in [1.29, 1.82) is 0 Å². The molecule has 2 unspecified atom stereocenters. The Morgan fingerprint density at radius 1 is 1.07 bits per heavy atom. The standard InChI is InChI=1S/C22H26N8O13P2/c23-8-1-2-25-19-13(8)26-6-29(19)21-16(34)17(42-44(35)36)11(41-21)5-39-45(37,38)43-18-15(33)10(4-31)40-22(18)30-7-27-14-9(32)3-12(24)28-20(14)30/h1-2,6-7,10-11,15-18,21-22,31,33-34H,3-5H2,(H5-,23,24,25,28,32,35,36,37,38)/p+1/t10-,11-,15-,16+,17-,18-,21-,22-/m1/s1. The predicted octanol–water partition coefficient (Wildman–Crippen LogP) is -1.47. The van der Waals surface area contributed by atoms with Crippen molar-refractivity contribution in [1.82, 2.24) is 24.1 Å². The fourth-order valence-electron chi connectivity index (χ4n) is 5.29. The van der Waals surface area contributed by atoms with Crippen molar-refractivity contribution in [3.63, 3.8) is 0 Å². The molecule has 3 aliphatic rings. The van der Waals surface area contributed by atoms with Crippen LogP contribution in [0, 0.1) is 0 Å². The van der Waals surface area contributed by atoms with Crippen LogP contribution in [0.1, 0.15) is 29.4 Å². The molecule has 0 saturated carbocycles. The van der Waals surface area contributed by atoms with Crippen LogP contribution in [0.2, 0.25) is 0 Å². The summed E-state index contributed by atoms with van der Waals surface area (Å²) in [7, 11) is -8.43. The van der Waals surface area contributed by atoms with Crippen LogP contribution >= 0.6 is 16.1 Å². The zero-order valence-electron chi connectivity index (χ0n) is 22.8. The van der Waals surface area contributed by atoms with Gasteiger partial charge in [0.15, 0.2) is 41.5 Å². The first-order valence-electron chi connectivity index (χ1n) is 13.1. The molecule has 0 spiro atoms. The second-order valence-electron chi connectivity index (χ2n) is 10.2. The summed E-state index contributed by atoms with van der Waals surface area (Å²) in [6, 6.07) is 1.51. The minimum absolute atomic E-state index is 0.0264. The summed E-state index contributed by atoms with van der Waals surface area (Å²) in [6.45, 7) is -1.54. The number of ketones is 1. The molecule has 0 aromatic carbocycles. The van der Waals surface area contributed by atoms with E-state index in [1.54, 1.807) is 0 Å². The van der Waals surface area contributed by atoms with Crippen LogP contribution in [0.25, 0.3) is 11.2 Å². The number of fused-ring (bicyclic) bond motifs is 2. The molecule has 242 valence electrons. The van der Waals surface area contributed by atoms with E-state index in [9.17, 15) is 39.0 Å². The van der Waals surface area contributed by atoms with Gasteiger partial charge in [0.05, 0.1) is 38.0 Å². The average molecular weight is 673 g/mol. The average Bonchev–Trinajstić information content (AvgIpc) is 3.73. The lowest BCUT2D eigenvalue weighted by Crippen LogP contribution is -2.36. The van der Waals surface area contributed by atoms with Crippen molar-refractivity contribution in [2.75, 3.05) is 18.9 Å². The van der Waals surface area contributed by atoms with Crippen LogP contribution in [-0.2, 0) is 32.2 Å². The molecular formula is C22H27N8O13P2+. The Morgan fingerprint density at radius 2 is 1.80 bits per heavy atom. The monoisotopic (exact) mass is 673 g/mol. The molecule has 3 aromatic rings. The van der Waals surface area contributed by atoms with Gasteiger partial charge >= 0.3 is 16.1 Å². The van der Waals surface area contributed by atoms with E-state index in [1.807, 2.05) is 0 Å². The first-order chi connectivity index (χ1) is 21.4. The minimum Gasteiger partial charge on any atom is -0.397 e. The van der Waals surface area contributed by atoms with Gasteiger partial charge < -0.3 is 41.2 Å². The second-order valence-corrected chi connectivity index (χ2v) is 12.3. The number of carbonyl (C=O) groups is 1. The van der Waals surface area contributed by atoms with Crippen LogP contribution in [-0.4, -0.2) is 111 Å². The maximum absolute atomic E-state index is 13.2. The van der Waals surface area contributed by atoms with Crippen molar-refractivity contribution >= 4 is 50.4 Å². The molecule has 0 radical (unpaired) electrons. The van der Waals surface area contributed by atoms with Crippen LogP contribution in [0.5, 0.6) is 0 Å². The maximum atomic E-state index is 13.2. The number of nitrogen functional groups attached to an aromatic ring is 1. The Labute approximate surface area is 252 Å². The normalized spacial score (nSPS) is 31.6. The Kier molecular flexibility index (Phi) is 8.54. The summed E-state index contributed by atoms with van der Waals surface area (Å²) in [6.07, 6.45) is -8.36. The molecule has 9 N–H and O–H groups in total. The number of imidazole rings is 2. The number of pyridine rings is 1. The zero-order chi connectivity index (χ0) is 32.2. The summed E-state index contributed by atoms with van der Waals surface area (Å²) < 4.78 is 53.9. The third-order valence-corrected chi connectivity index (χ3v) is 8.74. The first-order valence-corrected chi connectivity index (χ1v) is 15.8. The van der Waals surface area contributed by atoms with Gasteiger partial charge in [-0.05, 0) is 6.07 Å². The van der Waals surface area contributed by atoms with Crippen molar-refractivity contribution in [3.05, 3.63) is 30.6 Å². The predicted molar refractivity (Wildman–Crippen MR) is 147 cm³/mol. The quantitative estimate of drug-likeness (QED) is 0.121. The number of aromatic nitrogens is 5. The molecule has 0 bridgehead atoms. The highest BCUT2D eigenvalue weighted by Crippen LogP contribution is 2.51. The number of anilines is 1. The van der Waals surface area contributed by atoms with E-state index in [0.29, 0.717) is 0 Å². The minimum atomic E-state index is -5.15. The molecule has 21 nitrogen and oxygen atoms in total. The van der Waals surface area contributed by atoms with E-state index >= 15 is 0 Å². The summed E-state index contributed by atoms with van der Waals surface area (Å²) in [5.41, 5.74) is 12.4. The number of hydrogen-bond acceptors (Lipinski definition) is 17. The van der Waals surface area contributed by atoms with Crippen LogP contribution < -0.4 is 11.5 Å². The Bertz CT molecular complexity index is 1720. The van der Waals surface area contributed by atoms with Crippen molar-refractivity contribution < 1.29 is 62.1 Å². The summed E-state index contributed by atoms with van der Waals surface area (Å²) in [5.74, 6) is -0.521. The molecule has 0 amide bonds. The number of ether oxygens (including phenoxy) is 2. The van der Waals surface area contributed by atoms with E-state index < -0.39 is 84.2 Å². The lowest BCUT2D eigenvalue weighted by Gasteiger charge is -2.25. The van der Waals surface area contributed by atoms with Crippen LogP contribution in [0.15, 0.2) is 29.9 Å². The molecule has 6 rings (SSSR count). The Morgan fingerprint density at radius 3 is 2.53 bits per heavy atom. The number of hydrogen-bond donors (Lipinski definition) is 7. The number of amidine groups is 1. The number of aliphatic hydroxyl groups is 3. The van der Waals surface area contributed by atoms with Gasteiger partial charge in [0.25, 0.3) is 0 Å².